The molecule has 0 aromatic heterocycles. The van der Waals surface area contributed by atoms with Gasteiger partial charge in [0.25, 0.3) is 0 Å². The van der Waals surface area contributed by atoms with Crippen molar-refractivity contribution in [3.8, 4) is 12.3 Å². The van der Waals surface area contributed by atoms with Crippen LogP contribution < -0.4 is 10.6 Å². The molecule has 6 nitrogen and oxygen atoms in total. The highest BCUT2D eigenvalue weighted by molar-refractivity contribution is 6.30. The molecule has 1 atom stereocenters. The van der Waals surface area contributed by atoms with Crippen LogP contribution in [-0.4, -0.2) is 49.0 Å². The van der Waals surface area contributed by atoms with Gasteiger partial charge in [-0.25, -0.2) is 9.59 Å². The standard InChI is InChI=1S/C12H13ClN2O.C9H11ClN2O/c1-4-9(2)15(3)12(16)14-11-7-5-10(13)6-8-11;1-12(2)9(13)11-8-5-3-7(10)4-6-8/h1,5-9H,2-3H3,(H,14,16);3-6H,1-2H3,(H,11,13). The van der Waals surface area contributed by atoms with Gasteiger partial charge in [-0.15, -0.1) is 6.42 Å². The number of benzene rings is 2. The smallest absolute Gasteiger partial charge is 0.322 e. The van der Waals surface area contributed by atoms with E-state index in [1.807, 2.05) is 0 Å². The molecular weight excluding hydrogens is 411 g/mol. The Morgan fingerprint density at radius 1 is 0.862 bits per heavy atom. The third-order valence-corrected chi connectivity index (χ3v) is 4.24. The van der Waals surface area contributed by atoms with Crippen LogP contribution in [-0.2, 0) is 0 Å². The fourth-order valence-electron chi connectivity index (χ4n) is 1.80. The van der Waals surface area contributed by atoms with Crippen molar-refractivity contribution < 1.29 is 9.59 Å². The maximum absolute atomic E-state index is 11.7. The van der Waals surface area contributed by atoms with E-state index >= 15 is 0 Å². The third-order valence-electron chi connectivity index (χ3n) is 3.74. The minimum Gasteiger partial charge on any atom is -0.331 e. The summed E-state index contributed by atoms with van der Waals surface area (Å²) >= 11 is 11.4. The predicted octanol–water partition coefficient (Wildman–Crippen LogP) is 5.26. The second-order valence-electron chi connectivity index (χ2n) is 6.22. The Kier molecular flexibility index (Phi) is 9.87. The molecule has 0 radical (unpaired) electrons. The van der Waals surface area contributed by atoms with Gasteiger partial charge in [0.2, 0.25) is 0 Å². The molecule has 0 aliphatic carbocycles. The molecule has 0 heterocycles. The van der Waals surface area contributed by atoms with E-state index in [1.165, 1.54) is 9.80 Å². The topological polar surface area (TPSA) is 64.7 Å². The number of amides is 4. The first-order valence-corrected chi connectivity index (χ1v) is 9.39. The summed E-state index contributed by atoms with van der Waals surface area (Å²) in [4.78, 5) is 25.8. The number of nitrogens with zero attached hydrogens (tertiary/aromatic N) is 2. The number of carbonyl (C=O) groups is 2. The Labute approximate surface area is 181 Å². The number of nitrogens with one attached hydrogen (secondary N) is 2. The number of halogens is 2. The molecule has 0 saturated heterocycles. The van der Waals surface area contributed by atoms with Crippen LogP contribution in [0.3, 0.4) is 0 Å². The average molecular weight is 435 g/mol. The molecule has 0 fully saturated rings. The minimum atomic E-state index is -0.243. The summed E-state index contributed by atoms with van der Waals surface area (Å²) in [5.41, 5.74) is 1.42. The summed E-state index contributed by atoms with van der Waals surface area (Å²) in [6, 6.07) is 13.2. The molecule has 0 aliphatic rings. The Bertz CT molecular complexity index is 846. The molecule has 0 spiro atoms. The normalized spacial score (nSPS) is 10.5. The molecule has 154 valence electrons. The zero-order valence-electron chi connectivity index (χ0n) is 16.7. The lowest BCUT2D eigenvalue weighted by molar-refractivity contribution is 0.217. The molecule has 2 rings (SSSR count). The van der Waals surface area contributed by atoms with Crippen molar-refractivity contribution in [3.05, 3.63) is 58.6 Å². The van der Waals surface area contributed by atoms with Gasteiger partial charge in [0.05, 0.1) is 6.04 Å². The van der Waals surface area contributed by atoms with Gasteiger partial charge < -0.3 is 20.4 Å². The monoisotopic (exact) mass is 434 g/mol. The van der Waals surface area contributed by atoms with Crippen molar-refractivity contribution in [1.29, 1.82) is 0 Å². The highest BCUT2D eigenvalue weighted by atomic mass is 35.5. The zero-order chi connectivity index (χ0) is 22.0. The van der Waals surface area contributed by atoms with Gasteiger partial charge in [0.15, 0.2) is 0 Å². The zero-order valence-corrected chi connectivity index (χ0v) is 18.3. The maximum Gasteiger partial charge on any atom is 0.322 e. The molecule has 2 aromatic carbocycles. The van der Waals surface area contributed by atoms with Gasteiger partial charge in [0, 0.05) is 42.6 Å². The van der Waals surface area contributed by atoms with E-state index in [0.717, 1.165) is 5.69 Å². The molecule has 2 N–H and O–H groups in total. The number of rotatable bonds is 3. The predicted molar refractivity (Wildman–Crippen MR) is 121 cm³/mol. The van der Waals surface area contributed by atoms with Crippen molar-refractivity contribution in [3.63, 3.8) is 0 Å². The lowest BCUT2D eigenvalue weighted by atomic mass is 10.3. The first kappa shape index (κ1) is 24.2. The molecule has 1 unspecified atom stereocenters. The van der Waals surface area contributed by atoms with Crippen molar-refractivity contribution in [2.75, 3.05) is 31.8 Å². The van der Waals surface area contributed by atoms with Crippen LogP contribution in [0.15, 0.2) is 48.5 Å². The van der Waals surface area contributed by atoms with Gasteiger partial charge in [-0.05, 0) is 55.5 Å². The molecule has 0 saturated carbocycles. The van der Waals surface area contributed by atoms with Gasteiger partial charge in [-0.3, -0.25) is 0 Å². The fraction of sp³-hybridized carbons (Fsp3) is 0.238. The largest absolute Gasteiger partial charge is 0.331 e. The quantitative estimate of drug-likeness (QED) is 0.646. The van der Waals surface area contributed by atoms with Crippen molar-refractivity contribution >= 4 is 46.6 Å². The summed E-state index contributed by atoms with van der Waals surface area (Å²) in [7, 11) is 5.02. The van der Waals surface area contributed by atoms with Crippen LogP contribution in [0, 0.1) is 12.3 Å². The van der Waals surface area contributed by atoms with Gasteiger partial charge in [0.1, 0.15) is 0 Å². The van der Waals surface area contributed by atoms with Gasteiger partial charge in [-0.2, -0.15) is 0 Å². The van der Waals surface area contributed by atoms with E-state index in [0.29, 0.717) is 15.7 Å². The van der Waals surface area contributed by atoms with Gasteiger partial charge >= 0.3 is 12.1 Å². The summed E-state index contributed by atoms with van der Waals surface area (Å²) in [6.45, 7) is 1.78. The van der Waals surface area contributed by atoms with Crippen molar-refractivity contribution in [2.45, 2.75) is 13.0 Å². The van der Waals surface area contributed by atoms with Crippen molar-refractivity contribution in [2.24, 2.45) is 0 Å². The number of carbonyl (C=O) groups excluding carboxylic acids is 2. The Morgan fingerprint density at radius 3 is 1.59 bits per heavy atom. The van der Waals surface area contributed by atoms with Crippen molar-refractivity contribution in [1.82, 2.24) is 9.80 Å². The van der Waals surface area contributed by atoms with Crippen LogP contribution in [0.4, 0.5) is 21.0 Å². The number of hydrogen-bond acceptors (Lipinski definition) is 2. The first-order chi connectivity index (χ1) is 13.6. The van der Waals surface area contributed by atoms with Crippen LogP contribution >= 0.6 is 23.2 Å². The van der Waals surface area contributed by atoms with E-state index in [4.69, 9.17) is 29.6 Å². The number of urea groups is 2. The van der Waals surface area contributed by atoms with E-state index in [-0.39, 0.29) is 18.1 Å². The van der Waals surface area contributed by atoms with Crippen LogP contribution in [0.5, 0.6) is 0 Å². The highest BCUT2D eigenvalue weighted by Gasteiger charge is 2.13. The Hall–Kier alpha value is -2.88. The Balaban J connectivity index is 0.000000296. The molecular formula is C21H24Cl2N4O2. The average Bonchev–Trinajstić information content (AvgIpc) is 2.70. The Morgan fingerprint density at radius 2 is 1.24 bits per heavy atom. The maximum atomic E-state index is 11.7. The fourth-order valence-corrected chi connectivity index (χ4v) is 2.05. The molecule has 29 heavy (non-hydrogen) atoms. The molecule has 2 aromatic rings. The van der Waals surface area contributed by atoms with E-state index in [2.05, 4.69) is 16.6 Å². The number of terminal acetylenes is 1. The first-order valence-electron chi connectivity index (χ1n) is 8.63. The van der Waals surface area contributed by atoms with E-state index in [1.54, 1.807) is 76.6 Å². The molecule has 0 bridgehead atoms. The molecule has 0 aliphatic heterocycles. The second-order valence-corrected chi connectivity index (χ2v) is 7.09. The third kappa shape index (κ3) is 8.77. The van der Waals surface area contributed by atoms with Crippen LogP contribution in [0.1, 0.15) is 6.92 Å². The summed E-state index contributed by atoms with van der Waals surface area (Å²) in [5.74, 6) is 2.48. The lowest BCUT2D eigenvalue weighted by Gasteiger charge is -2.21. The molecule has 8 heteroatoms. The highest BCUT2D eigenvalue weighted by Crippen LogP contribution is 2.14. The minimum absolute atomic E-state index is 0.151. The summed E-state index contributed by atoms with van der Waals surface area (Å²) < 4.78 is 0. The lowest BCUT2D eigenvalue weighted by Crippen LogP contribution is -2.37. The summed E-state index contributed by atoms with van der Waals surface area (Å²) in [5, 5.41) is 6.70. The van der Waals surface area contributed by atoms with Crippen LogP contribution in [0.25, 0.3) is 0 Å². The second kappa shape index (κ2) is 11.8. The van der Waals surface area contributed by atoms with Crippen LogP contribution in [0.2, 0.25) is 10.0 Å². The number of anilines is 2. The van der Waals surface area contributed by atoms with E-state index in [9.17, 15) is 9.59 Å². The van der Waals surface area contributed by atoms with E-state index < -0.39 is 0 Å². The van der Waals surface area contributed by atoms with Gasteiger partial charge in [-0.1, -0.05) is 29.1 Å². The summed E-state index contributed by atoms with van der Waals surface area (Å²) in [6.07, 6.45) is 5.23. The number of hydrogen-bond donors (Lipinski definition) is 2. The SMILES string of the molecule is C#CC(C)N(C)C(=O)Nc1ccc(Cl)cc1.CN(C)C(=O)Nc1ccc(Cl)cc1. The molecule has 4 amide bonds.